The number of carbonyl (C=O) groups is 1. The lowest BCUT2D eigenvalue weighted by atomic mass is 10.2. The Morgan fingerprint density at radius 1 is 1.26 bits per heavy atom. The largest absolute Gasteiger partial charge is 0.507 e. The van der Waals surface area contributed by atoms with E-state index in [9.17, 15) is 9.90 Å². The van der Waals surface area contributed by atoms with Gasteiger partial charge in [0.05, 0.1) is 15.0 Å². The highest BCUT2D eigenvalue weighted by molar-refractivity contribution is 14.1. The number of amides is 1. The van der Waals surface area contributed by atoms with Gasteiger partial charge in [-0.1, -0.05) is 0 Å². The lowest BCUT2D eigenvalue weighted by Gasteiger charge is -2.09. The van der Waals surface area contributed by atoms with Gasteiger partial charge in [-0.05, 0) is 66.8 Å². The van der Waals surface area contributed by atoms with E-state index >= 15 is 0 Å². The smallest absolute Gasteiger partial charge is 0.255 e. The Kier molecular flexibility index (Phi) is 4.04. The summed E-state index contributed by atoms with van der Waals surface area (Å²) < 4.78 is 0.710. The summed E-state index contributed by atoms with van der Waals surface area (Å²) in [4.78, 5) is 16.3. The number of nitrogens with one attached hydrogen (secondary N) is 1. The maximum absolute atomic E-state index is 12.1. The van der Waals surface area contributed by atoms with Gasteiger partial charge in [0, 0.05) is 11.3 Å². The number of phenolic OH excluding ortho intramolecular Hbond substituents is 1. The number of phenols is 1. The SMILES string of the molecule is Cc1ccc(NC(=O)c2ccc(I)c(O)c2)c(C)n1. The van der Waals surface area contributed by atoms with Crippen LogP contribution in [0.2, 0.25) is 0 Å². The number of aryl methyl sites for hydroxylation is 2. The van der Waals surface area contributed by atoms with E-state index in [1.165, 1.54) is 6.07 Å². The van der Waals surface area contributed by atoms with E-state index in [-0.39, 0.29) is 11.7 Å². The first-order valence-electron chi connectivity index (χ1n) is 5.71. The minimum atomic E-state index is -0.263. The third-order valence-electron chi connectivity index (χ3n) is 2.68. The number of hydrogen-bond acceptors (Lipinski definition) is 3. The Balaban J connectivity index is 2.23. The molecule has 2 rings (SSSR count). The second kappa shape index (κ2) is 5.56. The zero-order chi connectivity index (χ0) is 14.0. The van der Waals surface area contributed by atoms with Crippen molar-refractivity contribution < 1.29 is 9.90 Å². The van der Waals surface area contributed by atoms with Crippen LogP contribution >= 0.6 is 22.6 Å². The molecular formula is C14H13IN2O2. The zero-order valence-corrected chi connectivity index (χ0v) is 12.7. The molecule has 0 fully saturated rings. The van der Waals surface area contributed by atoms with Crippen LogP contribution in [0.25, 0.3) is 0 Å². The van der Waals surface area contributed by atoms with Crippen LogP contribution in [0.4, 0.5) is 5.69 Å². The number of hydrogen-bond donors (Lipinski definition) is 2. The quantitative estimate of drug-likeness (QED) is 0.800. The van der Waals surface area contributed by atoms with Gasteiger partial charge >= 0.3 is 0 Å². The molecule has 98 valence electrons. The second-order valence-electron chi connectivity index (χ2n) is 4.21. The summed E-state index contributed by atoms with van der Waals surface area (Å²) >= 11 is 2.01. The van der Waals surface area contributed by atoms with Crippen LogP contribution in [0.3, 0.4) is 0 Å². The van der Waals surface area contributed by atoms with E-state index in [2.05, 4.69) is 10.3 Å². The molecule has 5 heteroatoms. The van der Waals surface area contributed by atoms with Gasteiger partial charge in [-0.2, -0.15) is 0 Å². The predicted molar refractivity (Wildman–Crippen MR) is 82.5 cm³/mol. The number of aromatic nitrogens is 1. The van der Waals surface area contributed by atoms with E-state index < -0.39 is 0 Å². The van der Waals surface area contributed by atoms with Crippen molar-refractivity contribution in [3.8, 4) is 5.75 Å². The van der Waals surface area contributed by atoms with Crippen LogP contribution in [0.15, 0.2) is 30.3 Å². The summed E-state index contributed by atoms with van der Waals surface area (Å²) in [7, 11) is 0. The van der Waals surface area contributed by atoms with E-state index in [1.54, 1.807) is 12.1 Å². The fourth-order valence-electron chi connectivity index (χ4n) is 1.67. The molecule has 0 aliphatic rings. The van der Waals surface area contributed by atoms with Gasteiger partial charge in [-0.15, -0.1) is 0 Å². The van der Waals surface area contributed by atoms with Crippen LogP contribution in [-0.4, -0.2) is 16.0 Å². The Hall–Kier alpha value is -1.63. The first-order chi connectivity index (χ1) is 8.97. The van der Waals surface area contributed by atoms with Gasteiger partial charge in [0.2, 0.25) is 0 Å². The fraction of sp³-hybridized carbons (Fsp3) is 0.143. The highest BCUT2D eigenvalue weighted by Gasteiger charge is 2.10. The number of pyridine rings is 1. The van der Waals surface area contributed by atoms with Crippen molar-refractivity contribution in [3.63, 3.8) is 0 Å². The number of aromatic hydroxyl groups is 1. The molecule has 0 unspecified atom stereocenters. The van der Waals surface area contributed by atoms with Crippen molar-refractivity contribution in [2.45, 2.75) is 13.8 Å². The van der Waals surface area contributed by atoms with Gasteiger partial charge in [-0.3, -0.25) is 9.78 Å². The molecule has 0 saturated carbocycles. The third-order valence-corrected chi connectivity index (χ3v) is 3.59. The van der Waals surface area contributed by atoms with Crippen molar-refractivity contribution in [1.82, 2.24) is 4.98 Å². The average Bonchev–Trinajstić information content (AvgIpc) is 2.36. The molecular weight excluding hydrogens is 355 g/mol. The van der Waals surface area contributed by atoms with Crippen LogP contribution in [0.5, 0.6) is 5.75 Å². The molecule has 2 aromatic rings. The number of anilines is 1. The molecule has 0 saturated heterocycles. The Morgan fingerprint density at radius 2 is 2.00 bits per heavy atom. The molecule has 0 aliphatic heterocycles. The standard InChI is InChI=1S/C14H13IN2O2/c1-8-3-6-12(9(2)16-8)17-14(19)10-4-5-11(15)13(18)7-10/h3-7,18H,1-2H3,(H,17,19). The first-order valence-corrected chi connectivity index (χ1v) is 6.79. The lowest BCUT2D eigenvalue weighted by Crippen LogP contribution is -2.13. The van der Waals surface area contributed by atoms with E-state index in [4.69, 9.17) is 0 Å². The van der Waals surface area contributed by atoms with E-state index in [0.29, 0.717) is 14.8 Å². The van der Waals surface area contributed by atoms with Crippen molar-refractivity contribution in [2.24, 2.45) is 0 Å². The normalized spacial score (nSPS) is 10.3. The van der Waals surface area contributed by atoms with Gasteiger partial charge in [0.25, 0.3) is 5.91 Å². The maximum atomic E-state index is 12.1. The summed E-state index contributed by atoms with van der Waals surface area (Å²) in [5, 5.41) is 12.4. The fourth-order valence-corrected chi connectivity index (χ4v) is 2.00. The molecule has 1 amide bonds. The van der Waals surface area contributed by atoms with Crippen LogP contribution in [0, 0.1) is 17.4 Å². The number of halogens is 1. The Morgan fingerprint density at radius 3 is 2.63 bits per heavy atom. The summed E-state index contributed by atoms with van der Waals surface area (Å²) in [6, 6.07) is 8.49. The van der Waals surface area contributed by atoms with Gasteiger partial charge in [0.1, 0.15) is 5.75 Å². The van der Waals surface area contributed by atoms with Crippen LogP contribution in [-0.2, 0) is 0 Å². The van der Waals surface area contributed by atoms with Crippen LogP contribution in [0.1, 0.15) is 21.7 Å². The monoisotopic (exact) mass is 368 g/mol. The maximum Gasteiger partial charge on any atom is 0.255 e. The molecule has 0 aliphatic carbocycles. The predicted octanol–water partition coefficient (Wildman–Crippen LogP) is 3.26. The minimum absolute atomic E-state index is 0.104. The number of nitrogens with zero attached hydrogens (tertiary/aromatic N) is 1. The molecule has 4 nitrogen and oxygen atoms in total. The van der Waals surface area contributed by atoms with Crippen molar-refractivity contribution in [2.75, 3.05) is 5.32 Å². The van der Waals surface area contributed by atoms with Crippen molar-refractivity contribution >= 4 is 34.2 Å². The lowest BCUT2D eigenvalue weighted by molar-refractivity contribution is 0.102. The molecule has 0 radical (unpaired) electrons. The highest BCUT2D eigenvalue weighted by atomic mass is 127. The van der Waals surface area contributed by atoms with Gasteiger partial charge in [0.15, 0.2) is 0 Å². The molecule has 0 spiro atoms. The van der Waals surface area contributed by atoms with Gasteiger partial charge < -0.3 is 10.4 Å². The molecule has 1 heterocycles. The third kappa shape index (κ3) is 3.23. The summed E-state index contributed by atoms with van der Waals surface area (Å²) in [5.74, 6) is -0.160. The summed E-state index contributed by atoms with van der Waals surface area (Å²) in [5.41, 5.74) is 2.76. The summed E-state index contributed by atoms with van der Waals surface area (Å²) in [6.07, 6.45) is 0. The first kappa shape index (κ1) is 13.8. The van der Waals surface area contributed by atoms with Crippen molar-refractivity contribution in [3.05, 3.63) is 50.9 Å². The second-order valence-corrected chi connectivity index (χ2v) is 5.37. The van der Waals surface area contributed by atoms with E-state index in [1.807, 2.05) is 48.6 Å². The Labute approximate surface area is 125 Å². The minimum Gasteiger partial charge on any atom is -0.507 e. The highest BCUT2D eigenvalue weighted by Crippen LogP contribution is 2.21. The number of rotatable bonds is 2. The average molecular weight is 368 g/mol. The zero-order valence-electron chi connectivity index (χ0n) is 10.6. The number of benzene rings is 1. The number of carbonyl (C=O) groups excluding carboxylic acids is 1. The van der Waals surface area contributed by atoms with Crippen molar-refractivity contribution in [1.29, 1.82) is 0 Å². The summed E-state index contributed by atoms with van der Waals surface area (Å²) in [6.45, 7) is 3.74. The Bertz CT molecular complexity index is 641. The van der Waals surface area contributed by atoms with E-state index in [0.717, 1.165) is 11.4 Å². The molecule has 1 aromatic heterocycles. The molecule has 2 N–H and O–H groups in total. The van der Waals surface area contributed by atoms with Gasteiger partial charge in [-0.25, -0.2) is 0 Å². The molecule has 19 heavy (non-hydrogen) atoms. The van der Waals surface area contributed by atoms with Crippen LogP contribution < -0.4 is 5.32 Å². The molecule has 0 atom stereocenters. The molecule has 0 bridgehead atoms. The topological polar surface area (TPSA) is 62.2 Å². The molecule has 1 aromatic carbocycles.